The molecule has 1 aliphatic rings. The number of hydrogen-bond acceptors (Lipinski definition) is 4. The number of carbonyl (C=O) groups excluding carboxylic acids is 1. The third-order valence-electron chi connectivity index (χ3n) is 4.72. The van der Waals surface area contributed by atoms with E-state index in [1.54, 1.807) is 18.2 Å². The Balaban J connectivity index is 1.96. The highest BCUT2D eigenvalue weighted by Gasteiger charge is 2.28. The van der Waals surface area contributed by atoms with Crippen LogP contribution in [0.3, 0.4) is 0 Å². The number of amides is 1. The van der Waals surface area contributed by atoms with Crippen LogP contribution in [0.15, 0.2) is 41.3 Å². The Morgan fingerprint density at radius 1 is 1.38 bits per heavy atom. The minimum atomic E-state index is -0.777. The number of aromatic nitrogens is 2. The Labute approximate surface area is 147 Å². The van der Waals surface area contributed by atoms with Crippen LogP contribution >= 0.6 is 0 Å². The Morgan fingerprint density at radius 3 is 2.92 bits per heavy atom. The predicted molar refractivity (Wildman–Crippen MR) is 95.1 cm³/mol. The van der Waals surface area contributed by atoms with Crippen molar-refractivity contribution in [1.29, 1.82) is 0 Å². The van der Waals surface area contributed by atoms with Crippen molar-refractivity contribution in [3.63, 3.8) is 0 Å². The van der Waals surface area contributed by atoms with Gasteiger partial charge in [-0.05, 0) is 49.6 Å². The predicted octanol–water partition coefficient (Wildman–Crippen LogP) is 3.00. The molecule has 0 radical (unpaired) electrons. The molecule has 4 rings (SSSR count). The molecule has 6 nitrogen and oxygen atoms in total. The maximum Gasteiger partial charge on any atom is 0.267 e. The monoisotopic (exact) mass is 353 g/mol. The Bertz CT molecular complexity index is 1090. The van der Waals surface area contributed by atoms with Gasteiger partial charge >= 0.3 is 0 Å². The molecule has 1 aromatic carbocycles. The lowest BCUT2D eigenvalue weighted by molar-refractivity contribution is 0.102. The smallest absolute Gasteiger partial charge is 0.267 e. The van der Waals surface area contributed by atoms with Gasteiger partial charge in [0, 0.05) is 17.6 Å². The van der Waals surface area contributed by atoms with Crippen molar-refractivity contribution in [2.75, 3.05) is 5.32 Å². The molecule has 0 aliphatic carbocycles. The SMILES string of the molecule is C[C@H]1CCc2cc(F)cc3c(O)c(C(=O)Nc4ccccn4)c(=O)n1c23. The first kappa shape index (κ1) is 16.3. The molecule has 7 heteroatoms. The molecule has 0 unspecified atom stereocenters. The van der Waals surface area contributed by atoms with Crippen molar-refractivity contribution in [2.45, 2.75) is 25.8 Å². The fourth-order valence-corrected chi connectivity index (χ4v) is 3.50. The van der Waals surface area contributed by atoms with Crippen LogP contribution in [0.2, 0.25) is 0 Å². The van der Waals surface area contributed by atoms with Gasteiger partial charge in [-0.25, -0.2) is 9.37 Å². The molecule has 2 aromatic heterocycles. The molecule has 0 fully saturated rings. The van der Waals surface area contributed by atoms with E-state index in [0.717, 1.165) is 6.07 Å². The minimum absolute atomic E-state index is 0.162. The molecule has 1 atom stereocenters. The highest BCUT2D eigenvalue weighted by atomic mass is 19.1. The number of aryl methyl sites for hydroxylation is 1. The van der Waals surface area contributed by atoms with E-state index in [-0.39, 0.29) is 17.2 Å². The second kappa shape index (κ2) is 5.94. The van der Waals surface area contributed by atoms with E-state index < -0.39 is 28.6 Å². The highest BCUT2D eigenvalue weighted by Crippen LogP contribution is 2.35. The zero-order valence-electron chi connectivity index (χ0n) is 14.0. The number of anilines is 1. The number of carbonyl (C=O) groups is 1. The average Bonchev–Trinajstić information content (AvgIpc) is 2.61. The average molecular weight is 353 g/mol. The number of nitrogens with one attached hydrogen (secondary N) is 1. The summed E-state index contributed by atoms with van der Waals surface area (Å²) in [4.78, 5) is 29.6. The van der Waals surface area contributed by atoms with E-state index in [1.807, 2.05) is 6.92 Å². The second-order valence-electron chi connectivity index (χ2n) is 6.42. The number of pyridine rings is 2. The van der Waals surface area contributed by atoms with Crippen LogP contribution in [0.4, 0.5) is 10.2 Å². The van der Waals surface area contributed by atoms with Crippen molar-refractivity contribution in [1.82, 2.24) is 9.55 Å². The van der Waals surface area contributed by atoms with E-state index in [4.69, 9.17) is 0 Å². The molecule has 0 spiro atoms. The lowest BCUT2D eigenvalue weighted by Gasteiger charge is -2.26. The van der Waals surface area contributed by atoms with Gasteiger partial charge in [-0.2, -0.15) is 0 Å². The highest BCUT2D eigenvalue weighted by molar-refractivity contribution is 6.09. The zero-order valence-corrected chi connectivity index (χ0v) is 14.0. The summed E-state index contributed by atoms with van der Waals surface area (Å²) in [7, 11) is 0. The van der Waals surface area contributed by atoms with Gasteiger partial charge in [0.2, 0.25) is 0 Å². The lowest BCUT2D eigenvalue weighted by atomic mass is 9.95. The van der Waals surface area contributed by atoms with Crippen LogP contribution in [-0.2, 0) is 6.42 Å². The van der Waals surface area contributed by atoms with E-state index in [1.165, 1.54) is 16.8 Å². The summed E-state index contributed by atoms with van der Waals surface area (Å²) in [6, 6.07) is 7.30. The summed E-state index contributed by atoms with van der Waals surface area (Å²) in [5, 5.41) is 13.3. The maximum atomic E-state index is 14.0. The molecule has 3 aromatic rings. The summed E-state index contributed by atoms with van der Waals surface area (Å²) in [5.74, 6) is -1.55. The van der Waals surface area contributed by atoms with Crippen LogP contribution < -0.4 is 10.9 Å². The lowest BCUT2D eigenvalue weighted by Crippen LogP contribution is -2.33. The number of benzene rings is 1. The molecule has 0 bridgehead atoms. The summed E-state index contributed by atoms with van der Waals surface area (Å²) in [6.07, 6.45) is 2.75. The minimum Gasteiger partial charge on any atom is -0.506 e. The normalized spacial score (nSPS) is 15.8. The molecule has 2 N–H and O–H groups in total. The van der Waals surface area contributed by atoms with Crippen molar-refractivity contribution in [3.05, 3.63) is 63.8 Å². The van der Waals surface area contributed by atoms with Crippen LogP contribution in [0.1, 0.15) is 35.3 Å². The van der Waals surface area contributed by atoms with Crippen molar-refractivity contribution < 1.29 is 14.3 Å². The van der Waals surface area contributed by atoms with E-state index in [0.29, 0.717) is 23.9 Å². The standard InChI is InChI=1S/C19H16FN3O3/c1-10-5-6-11-8-12(20)9-13-16(11)23(10)19(26)15(17(13)24)18(25)22-14-4-2-3-7-21-14/h2-4,7-10,24H,5-6H2,1H3,(H,21,22,25)/t10-/m0/s1. The maximum absolute atomic E-state index is 14.0. The van der Waals surface area contributed by atoms with Crippen LogP contribution in [-0.4, -0.2) is 20.6 Å². The molecule has 26 heavy (non-hydrogen) atoms. The molecule has 0 saturated heterocycles. The molecule has 1 aliphatic heterocycles. The molecule has 3 heterocycles. The van der Waals surface area contributed by atoms with Crippen molar-refractivity contribution in [3.8, 4) is 5.75 Å². The van der Waals surface area contributed by atoms with Crippen LogP contribution in [0, 0.1) is 5.82 Å². The van der Waals surface area contributed by atoms with E-state index in [9.17, 15) is 19.1 Å². The van der Waals surface area contributed by atoms with E-state index in [2.05, 4.69) is 10.3 Å². The van der Waals surface area contributed by atoms with Gasteiger partial charge in [0.15, 0.2) is 0 Å². The first-order chi connectivity index (χ1) is 12.5. The molecule has 132 valence electrons. The topological polar surface area (TPSA) is 84.2 Å². The fraction of sp³-hybridized carbons (Fsp3) is 0.211. The second-order valence-corrected chi connectivity index (χ2v) is 6.42. The van der Waals surface area contributed by atoms with Gasteiger partial charge in [0.05, 0.1) is 5.52 Å². The fourth-order valence-electron chi connectivity index (χ4n) is 3.50. The van der Waals surface area contributed by atoms with Crippen LogP contribution in [0.5, 0.6) is 5.75 Å². The zero-order chi connectivity index (χ0) is 18.4. The number of aromatic hydroxyl groups is 1. The van der Waals surface area contributed by atoms with Crippen molar-refractivity contribution >= 4 is 22.6 Å². The summed E-state index contributed by atoms with van der Waals surface area (Å²) in [5.41, 5.74) is 0.140. The van der Waals surface area contributed by atoms with Crippen molar-refractivity contribution in [2.24, 2.45) is 0 Å². The Morgan fingerprint density at radius 2 is 2.19 bits per heavy atom. The number of rotatable bonds is 2. The van der Waals surface area contributed by atoms with Crippen LogP contribution in [0.25, 0.3) is 10.9 Å². The van der Waals surface area contributed by atoms with Gasteiger partial charge in [-0.3, -0.25) is 9.59 Å². The van der Waals surface area contributed by atoms with Gasteiger partial charge in [-0.15, -0.1) is 0 Å². The largest absolute Gasteiger partial charge is 0.506 e. The third-order valence-corrected chi connectivity index (χ3v) is 4.72. The number of halogens is 1. The van der Waals surface area contributed by atoms with E-state index >= 15 is 0 Å². The van der Waals surface area contributed by atoms with Gasteiger partial charge in [0.25, 0.3) is 11.5 Å². The quantitative estimate of drug-likeness (QED) is 0.742. The molecular weight excluding hydrogens is 337 g/mol. The van der Waals surface area contributed by atoms with Gasteiger partial charge < -0.3 is 15.0 Å². The summed E-state index contributed by atoms with van der Waals surface area (Å²) < 4.78 is 15.5. The molecule has 1 amide bonds. The Hall–Kier alpha value is -3.22. The third kappa shape index (κ3) is 2.44. The number of nitrogens with zero attached hydrogens (tertiary/aromatic N) is 2. The Kier molecular flexibility index (Phi) is 3.72. The summed E-state index contributed by atoms with van der Waals surface area (Å²) >= 11 is 0. The molecular formula is C19H16FN3O3. The van der Waals surface area contributed by atoms with Gasteiger partial charge in [-0.1, -0.05) is 6.07 Å². The molecule has 0 saturated carbocycles. The number of hydrogen-bond donors (Lipinski definition) is 2. The first-order valence-electron chi connectivity index (χ1n) is 8.29. The first-order valence-corrected chi connectivity index (χ1v) is 8.29. The summed E-state index contributed by atoms with van der Waals surface area (Å²) in [6.45, 7) is 1.87. The van der Waals surface area contributed by atoms with Gasteiger partial charge in [0.1, 0.15) is 22.9 Å².